The van der Waals surface area contributed by atoms with Crippen molar-refractivity contribution in [3.63, 3.8) is 0 Å². The molecule has 2 aromatic carbocycles. The van der Waals surface area contributed by atoms with E-state index in [0.29, 0.717) is 16.3 Å². The van der Waals surface area contributed by atoms with Gasteiger partial charge in [0.2, 0.25) is 5.91 Å². The Balaban J connectivity index is 1.62. The molecule has 0 aliphatic carbocycles. The van der Waals surface area contributed by atoms with Crippen LogP contribution in [-0.2, 0) is 4.79 Å². The molecular weight excluding hydrogens is 336 g/mol. The largest absolute Gasteiger partial charge is 0.370 e. The van der Waals surface area contributed by atoms with Crippen LogP contribution >= 0.6 is 11.6 Å². The molecule has 1 saturated heterocycles. The van der Waals surface area contributed by atoms with Gasteiger partial charge in [0.1, 0.15) is 0 Å². The SMILES string of the molecule is O=C(CCC(=O)c1ccccc1)Nc1cc(Cl)ccc1N1CCCC1. The summed E-state index contributed by atoms with van der Waals surface area (Å²) >= 11 is 6.09. The van der Waals surface area contributed by atoms with Crippen molar-refractivity contribution in [2.45, 2.75) is 25.7 Å². The number of amides is 1. The summed E-state index contributed by atoms with van der Waals surface area (Å²) in [6.07, 6.45) is 2.65. The van der Waals surface area contributed by atoms with Gasteiger partial charge in [0.25, 0.3) is 0 Å². The third kappa shape index (κ3) is 4.60. The van der Waals surface area contributed by atoms with Gasteiger partial charge in [-0.05, 0) is 31.0 Å². The highest BCUT2D eigenvalue weighted by molar-refractivity contribution is 6.31. The molecule has 0 atom stereocenters. The Labute approximate surface area is 152 Å². The van der Waals surface area contributed by atoms with Crippen LogP contribution in [0, 0.1) is 0 Å². The van der Waals surface area contributed by atoms with Crippen molar-refractivity contribution in [1.82, 2.24) is 0 Å². The van der Waals surface area contributed by atoms with E-state index in [2.05, 4.69) is 10.2 Å². The van der Waals surface area contributed by atoms with Crippen molar-refractivity contribution in [1.29, 1.82) is 0 Å². The summed E-state index contributed by atoms with van der Waals surface area (Å²) in [6, 6.07) is 14.6. The number of anilines is 2. The Kier molecular flexibility index (Phi) is 5.71. The molecular formula is C20H21ClN2O2. The summed E-state index contributed by atoms with van der Waals surface area (Å²) in [5.41, 5.74) is 2.34. The van der Waals surface area contributed by atoms with Crippen molar-refractivity contribution in [2.24, 2.45) is 0 Å². The highest BCUT2D eigenvalue weighted by Crippen LogP contribution is 2.31. The van der Waals surface area contributed by atoms with Gasteiger partial charge < -0.3 is 10.2 Å². The third-order valence-electron chi connectivity index (χ3n) is 4.35. The number of halogens is 1. The first kappa shape index (κ1) is 17.5. The molecule has 0 spiro atoms. The van der Waals surface area contributed by atoms with E-state index in [-0.39, 0.29) is 24.5 Å². The fraction of sp³-hybridized carbons (Fsp3) is 0.300. The second kappa shape index (κ2) is 8.17. The van der Waals surface area contributed by atoms with E-state index in [4.69, 9.17) is 11.6 Å². The van der Waals surface area contributed by atoms with Crippen LogP contribution in [0.15, 0.2) is 48.5 Å². The molecule has 1 fully saturated rings. The predicted molar refractivity (Wildman–Crippen MR) is 102 cm³/mol. The Morgan fingerprint density at radius 3 is 2.44 bits per heavy atom. The van der Waals surface area contributed by atoms with Gasteiger partial charge in [0.05, 0.1) is 11.4 Å². The zero-order valence-electron chi connectivity index (χ0n) is 14.0. The molecule has 130 valence electrons. The molecule has 0 radical (unpaired) electrons. The molecule has 4 nitrogen and oxygen atoms in total. The number of rotatable bonds is 6. The Morgan fingerprint density at radius 2 is 1.72 bits per heavy atom. The quantitative estimate of drug-likeness (QED) is 0.773. The second-order valence-corrected chi connectivity index (χ2v) is 6.63. The molecule has 1 aliphatic rings. The number of carbonyl (C=O) groups excluding carboxylic acids is 2. The van der Waals surface area contributed by atoms with E-state index in [1.165, 1.54) is 0 Å². The Bertz CT molecular complexity index is 756. The average Bonchev–Trinajstić information content (AvgIpc) is 3.15. The lowest BCUT2D eigenvalue weighted by atomic mass is 10.1. The maximum Gasteiger partial charge on any atom is 0.224 e. The first-order valence-corrected chi connectivity index (χ1v) is 8.94. The number of benzene rings is 2. The van der Waals surface area contributed by atoms with E-state index >= 15 is 0 Å². The number of Topliss-reactive ketones (excluding diaryl/α,β-unsaturated/α-hetero) is 1. The number of hydrogen-bond acceptors (Lipinski definition) is 3. The van der Waals surface area contributed by atoms with Gasteiger partial charge in [-0.1, -0.05) is 41.9 Å². The minimum absolute atomic E-state index is 0.0263. The molecule has 1 N–H and O–H groups in total. The van der Waals surface area contributed by atoms with Gasteiger partial charge in [-0.25, -0.2) is 0 Å². The van der Waals surface area contributed by atoms with Crippen LogP contribution < -0.4 is 10.2 Å². The predicted octanol–water partition coefficient (Wildman–Crippen LogP) is 4.54. The van der Waals surface area contributed by atoms with E-state index in [1.54, 1.807) is 18.2 Å². The van der Waals surface area contributed by atoms with Crippen LogP contribution in [-0.4, -0.2) is 24.8 Å². The van der Waals surface area contributed by atoms with Gasteiger partial charge in [-0.2, -0.15) is 0 Å². The fourth-order valence-corrected chi connectivity index (χ4v) is 3.22. The van der Waals surface area contributed by atoms with E-state index in [1.807, 2.05) is 30.3 Å². The molecule has 0 bridgehead atoms. The van der Waals surface area contributed by atoms with E-state index < -0.39 is 0 Å². The normalized spacial score (nSPS) is 13.7. The highest BCUT2D eigenvalue weighted by Gasteiger charge is 2.17. The number of nitrogens with one attached hydrogen (secondary N) is 1. The summed E-state index contributed by atoms with van der Waals surface area (Å²) in [5.74, 6) is -0.200. The molecule has 25 heavy (non-hydrogen) atoms. The molecule has 3 rings (SSSR count). The zero-order valence-corrected chi connectivity index (χ0v) is 14.8. The number of carbonyl (C=O) groups is 2. The van der Waals surface area contributed by atoms with Crippen LogP contribution in [0.2, 0.25) is 5.02 Å². The van der Waals surface area contributed by atoms with E-state index in [0.717, 1.165) is 31.6 Å². The van der Waals surface area contributed by atoms with E-state index in [9.17, 15) is 9.59 Å². The molecule has 1 aliphatic heterocycles. The van der Waals surface area contributed by atoms with Gasteiger partial charge >= 0.3 is 0 Å². The zero-order chi connectivity index (χ0) is 17.6. The molecule has 0 aromatic heterocycles. The highest BCUT2D eigenvalue weighted by atomic mass is 35.5. The van der Waals surface area contributed by atoms with Gasteiger partial charge in [0, 0.05) is 36.5 Å². The monoisotopic (exact) mass is 356 g/mol. The molecule has 1 heterocycles. The standard InChI is InChI=1S/C20H21ClN2O2/c21-16-8-9-18(23-12-4-5-13-23)17(14-16)22-20(25)11-10-19(24)15-6-2-1-3-7-15/h1-3,6-9,14H,4-5,10-13H2,(H,22,25). The number of nitrogens with zero attached hydrogens (tertiary/aromatic N) is 1. The summed E-state index contributed by atoms with van der Waals surface area (Å²) in [5, 5.41) is 3.50. The lowest BCUT2D eigenvalue weighted by molar-refractivity contribution is -0.116. The first-order valence-electron chi connectivity index (χ1n) is 8.56. The first-order chi connectivity index (χ1) is 12.1. The summed E-state index contributed by atoms with van der Waals surface area (Å²) < 4.78 is 0. The maximum absolute atomic E-state index is 12.3. The Hall–Kier alpha value is -2.33. The summed E-state index contributed by atoms with van der Waals surface area (Å²) in [6.45, 7) is 1.97. The van der Waals surface area contributed by atoms with Crippen LogP contribution in [0.3, 0.4) is 0 Å². The molecule has 0 unspecified atom stereocenters. The fourth-order valence-electron chi connectivity index (χ4n) is 3.05. The number of ketones is 1. The second-order valence-electron chi connectivity index (χ2n) is 6.19. The van der Waals surface area contributed by atoms with Crippen molar-refractivity contribution in [3.8, 4) is 0 Å². The van der Waals surface area contributed by atoms with Gasteiger partial charge in [-0.3, -0.25) is 9.59 Å². The van der Waals surface area contributed by atoms with Crippen LogP contribution in [0.4, 0.5) is 11.4 Å². The number of hydrogen-bond donors (Lipinski definition) is 1. The van der Waals surface area contributed by atoms with Crippen molar-refractivity contribution in [3.05, 3.63) is 59.1 Å². The third-order valence-corrected chi connectivity index (χ3v) is 4.59. The Morgan fingerprint density at radius 1 is 1.00 bits per heavy atom. The van der Waals surface area contributed by atoms with Crippen molar-refractivity contribution < 1.29 is 9.59 Å². The topological polar surface area (TPSA) is 49.4 Å². The molecule has 5 heteroatoms. The smallest absolute Gasteiger partial charge is 0.224 e. The average molecular weight is 357 g/mol. The maximum atomic E-state index is 12.3. The summed E-state index contributed by atoms with van der Waals surface area (Å²) in [7, 11) is 0. The minimum Gasteiger partial charge on any atom is -0.370 e. The minimum atomic E-state index is -0.174. The van der Waals surface area contributed by atoms with Crippen LogP contribution in [0.1, 0.15) is 36.0 Å². The van der Waals surface area contributed by atoms with Crippen LogP contribution in [0.25, 0.3) is 0 Å². The molecule has 2 aromatic rings. The molecule has 1 amide bonds. The molecule has 0 saturated carbocycles. The van der Waals surface area contributed by atoms with Crippen molar-refractivity contribution in [2.75, 3.05) is 23.3 Å². The van der Waals surface area contributed by atoms with Crippen LogP contribution in [0.5, 0.6) is 0 Å². The van der Waals surface area contributed by atoms with Crippen molar-refractivity contribution >= 4 is 34.7 Å². The summed E-state index contributed by atoms with van der Waals surface area (Å²) in [4.78, 5) is 26.7. The lowest BCUT2D eigenvalue weighted by Crippen LogP contribution is -2.21. The lowest BCUT2D eigenvalue weighted by Gasteiger charge is -2.21. The van der Waals surface area contributed by atoms with Gasteiger partial charge in [0.15, 0.2) is 5.78 Å². The van der Waals surface area contributed by atoms with Gasteiger partial charge in [-0.15, -0.1) is 0 Å².